The fourth-order valence-electron chi connectivity index (χ4n) is 4.83. The molecule has 4 amide bonds. The van der Waals surface area contributed by atoms with Crippen LogP contribution in [-0.2, 0) is 9.59 Å². The average molecular weight is 399 g/mol. The standard InChI is InChI=1S/C22H29N3O4/c1-15-7-4-5-12-22(15)20(27)25(21(28)24-22)14-19(26)23-16-8-6-11-18(13-16)29-17-9-2-3-10-17/h6,8,11,13,15,17H,2-5,7,9-10,12,14H2,1H3,(H,23,26)(H,24,28). The Morgan fingerprint density at radius 1 is 1.21 bits per heavy atom. The third-order valence-corrected chi connectivity index (χ3v) is 6.53. The van der Waals surface area contributed by atoms with Crippen molar-refractivity contribution in [1.29, 1.82) is 0 Å². The van der Waals surface area contributed by atoms with Gasteiger partial charge in [0.25, 0.3) is 5.91 Å². The first-order valence-electron chi connectivity index (χ1n) is 10.7. The number of ether oxygens (including phenoxy) is 1. The SMILES string of the molecule is CC1CCCCC12NC(=O)N(CC(=O)Nc1cccc(OC3CCCC3)c1)C2=O. The highest BCUT2D eigenvalue weighted by molar-refractivity contribution is 6.10. The number of hydrogen-bond donors (Lipinski definition) is 2. The largest absolute Gasteiger partial charge is 0.490 e. The van der Waals surface area contributed by atoms with Gasteiger partial charge in [0.1, 0.15) is 17.8 Å². The van der Waals surface area contributed by atoms with Crippen molar-refractivity contribution in [3.8, 4) is 5.75 Å². The molecule has 1 spiro atoms. The fourth-order valence-corrected chi connectivity index (χ4v) is 4.83. The summed E-state index contributed by atoms with van der Waals surface area (Å²) in [4.78, 5) is 39.0. The third-order valence-electron chi connectivity index (χ3n) is 6.53. The van der Waals surface area contributed by atoms with E-state index in [1.54, 1.807) is 12.1 Å². The maximum absolute atomic E-state index is 13.0. The number of benzene rings is 1. The zero-order chi connectivity index (χ0) is 20.4. The Bertz CT molecular complexity index is 805. The molecule has 0 aromatic heterocycles. The first kappa shape index (κ1) is 19.7. The van der Waals surface area contributed by atoms with Crippen LogP contribution in [0.5, 0.6) is 5.75 Å². The van der Waals surface area contributed by atoms with Gasteiger partial charge in [-0.1, -0.05) is 25.8 Å². The van der Waals surface area contributed by atoms with Crippen molar-refractivity contribution in [2.24, 2.45) is 5.92 Å². The first-order chi connectivity index (χ1) is 14.0. The molecule has 1 aliphatic heterocycles. The van der Waals surface area contributed by atoms with E-state index in [9.17, 15) is 14.4 Å². The topological polar surface area (TPSA) is 87.7 Å². The molecule has 3 aliphatic rings. The Kier molecular flexibility index (Phi) is 5.48. The Balaban J connectivity index is 1.38. The number of nitrogens with one attached hydrogen (secondary N) is 2. The lowest BCUT2D eigenvalue weighted by Crippen LogP contribution is -2.54. The second-order valence-electron chi connectivity index (χ2n) is 8.54. The van der Waals surface area contributed by atoms with Gasteiger partial charge in [-0.25, -0.2) is 4.79 Å². The van der Waals surface area contributed by atoms with E-state index in [1.165, 1.54) is 12.8 Å². The van der Waals surface area contributed by atoms with Gasteiger partial charge in [0.2, 0.25) is 5.91 Å². The van der Waals surface area contributed by atoms with E-state index in [0.717, 1.165) is 42.8 Å². The highest BCUT2D eigenvalue weighted by Crippen LogP contribution is 2.38. The third kappa shape index (κ3) is 3.95. The Labute approximate surface area is 171 Å². The van der Waals surface area contributed by atoms with Crippen LogP contribution < -0.4 is 15.4 Å². The normalized spacial score (nSPS) is 27.3. The molecule has 7 nitrogen and oxygen atoms in total. The summed E-state index contributed by atoms with van der Waals surface area (Å²) in [5, 5.41) is 5.66. The van der Waals surface area contributed by atoms with Crippen LogP contribution in [0.4, 0.5) is 10.5 Å². The van der Waals surface area contributed by atoms with E-state index in [4.69, 9.17) is 4.74 Å². The molecular weight excluding hydrogens is 370 g/mol. The number of amides is 4. The number of imide groups is 1. The minimum Gasteiger partial charge on any atom is -0.490 e. The molecule has 7 heteroatoms. The molecule has 1 saturated heterocycles. The van der Waals surface area contributed by atoms with Gasteiger partial charge in [0.15, 0.2) is 0 Å². The van der Waals surface area contributed by atoms with Gasteiger partial charge in [-0.05, 0) is 56.6 Å². The van der Waals surface area contributed by atoms with Crippen molar-refractivity contribution in [2.45, 2.75) is 69.9 Å². The average Bonchev–Trinajstić information content (AvgIpc) is 3.27. The van der Waals surface area contributed by atoms with Crippen LogP contribution in [0, 0.1) is 5.92 Å². The van der Waals surface area contributed by atoms with Crippen LogP contribution in [0.2, 0.25) is 0 Å². The monoisotopic (exact) mass is 399 g/mol. The summed E-state index contributed by atoms with van der Waals surface area (Å²) in [5.74, 6) is 0.125. The molecule has 2 atom stereocenters. The molecule has 2 saturated carbocycles. The number of rotatable bonds is 5. The Hall–Kier alpha value is -2.57. The maximum atomic E-state index is 13.0. The molecular formula is C22H29N3O4. The molecule has 156 valence electrons. The van der Waals surface area contributed by atoms with Gasteiger partial charge in [-0.2, -0.15) is 0 Å². The van der Waals surface area contributed by atoms with Crippen molar-refractivity contribution in [3.63, 3.8) is 0 Å². The minimum absolute atomic E-state index is 0.0742. The zero-order valence-electron chi connectivity index (χ0n) is 16.9. The van der Waals surface area contributed by atoms with Gasteiger partial charge in [0.05, 0.1) is 6.10 Å². The Morgan fingerprint density at radius 2 is 1.97 bits per heavy atom. The lowest BCUT2D eigenvalue weighted by Gasteiger charge is -2.36. The van der Waals surface area contributed by atoms with Gasteiger partial charge in [-0.15, -0.1) is 0 Å². The van der Waals surface area contributed by atoms with Crippen LogP contribution in [0.3, 0.4) is 0 Å². The van der Waals surface area contributed by atoms with Crippen molar-refractivity contribution in [2.75, 3.05) is 11.9 Å². The summed E-state index contributed by atoms with van der Waals surface area (Å²) >= 11 is 0. The quantitative estimate of drug-likeness (QED) is 0.743. The predicted molar refractivity (Wildman–Crippen MR) is 109 cm³/mol. The van der Waals surface area contributed by atoms with E-state index in [1.807, 2.05) is 19.1 Å². The number of hydrogen-bond acceptors (Lipinski definition) is 4. The lowest BCUT2D eigenvalue weighted by atomic mass is 9.73. The second-order valence-corrected chi connectivity index (χ2v) is 8.54. The van der Waals surface area contributed by atoms with Crippen molar-refractivity contribution >= 4 is 23.5 Å². The van der Waals surface area contributed by atoms with Crippen molar-refractivity contribution < 1.29 is 19.1 Å². The lowest BCUT2D eigenvalue weighted by molar-refractivity contribution is -0.136. The van der Waals surface area contributed by atoms with E-state index < -0.39 is 17.5 Å². The second kappa shape index (κ2) is 8.05. The zero-order valence-corrected chi connectivity index (χ0v) is 16.9. The molecule has 1 heterocycles. The van der Waals surface area contributed by atoms with Crippen LogP contribution in [0.1, 0.15) is 58.3 Å². The predicted octanol–water partition coefficient (Wildman–Crippen LogP) is 3.45. The van der Waals surface area contributed by atoms with E-state index in [2.05, 4.69) is 10.6 Å². The Morgan fingerprint density at radius 3 is 2.72 bits per heavy atom. The molecule has 4 rings (SSSR count). The summed E-state index contributed by atoms with van der Waals surface area (Å²) in [7, 11) is 0. The number of urea groups is 1. The van der Waals surface area contributed by atoms with Crippen LogP contribution >= 0.6 is 0 Å². The highest BCUT2D eigenvalue weighted by atomic mass is 16.5. The fraction of sp³-hybridized carbons (Fsp3) is 0.591. The molecule has 2 unspecified atom stereocenters. The number of anilines is 1. The number of nitrogens with zero attached hydrogens (tertiary/aromatic N) is 1. The molecule has 1 aromatic rings. The molecule has 0 radical (unpaired) electrons. The summed E-state index contributed by atoms with van der Waals surface area (Å²) in [6.45, 7) is 1.71. The molecule has 1 aromatic carbocycles. The van der Waals surface area contributed by atoms with Crippen LogP contribution in [0.25, 0.3) is 0 Å². The van der Waals surface area contributed by atoms with E-state index in [-0.39, 0.29) is 24.5 Å². The van der Waals surface area contributed by atoms with Gasteiger partial charge in [0, 0.05) is 11.8 Å². The summed E-state index contributed by atoms with van der Waals surface area (Å²) in [5.41, 5.74) is -0.247. The molecule has 3 fully saturated rings. The van der Waals surface area contributed by atoms with E-state index in [0.29, 0.717) is 12.1 Å². The van der Waals surface area contributed by atoms with Crippen LogP contribution in [0.15, 0.2) is 24.3 Å². The highest BCUT2D eigenvalue weighted by Gasteiger charge is 2.55. The maximum Gasteiger partial charge on any atom is 0.325 e. The number of carbonyl (C=O) groups is 3. The smallest absolute Gasteiger partial charge is 0.325 e. The minimum atomic E-state index is -0.843. The summed E-state index contributed by atoms with van der Waals surface area (Å²) in [6, 6.07) is 6.78. The summed E-state index contributed by atoms with van der Waals surface area (Å²) < 4.78 is 5.97. The van der Waals surface area contributed by atoms with E-state index >= 15 is 0 Å². The van der Waals surface area contributed by atoms with Crippen molar-refractivity contribution in [3.05, 3.63) is 24.3 Å². The molecule has 2 aliphatic carbocycles. The number of carbonyl (C=O) groups excluding carboxylic acids is 3. The van der Waals surface area contributed by atoms with Crippen LogP contribution in [-0.4, -0.2) is 40.9 Å². The first-order valence-corrected chi connectivity index (χ1v) is 10.7. The summed E-state index contributed by atoms with van der Waals surface area (Å²) in [6.07, 6.45) is 8.24. The molecule has 2 N–H and O–H groups in total. The van der Waals surface area contributed by atoms with Gasteiger partial charge >= 0.3 is 6.03 Å². The van der Waals surface area contributed by atoms with Gasteiger partial charge in [-0.3, -0.25) is 14.5 Å². The molecule has 29 heavy (non-hydrogen) atoms. The van der Waals surface area contributed by atoms with Gasteiger partial charge < -0.3 is 15.4 Å². The van der Waals surface area contributed by atoms with Crippen molar-refractivity contribution in [1.82, 2.24) is 10.2 Å². The molecule has 0 bridgehead atoms.